The number of nitrogens with zero attached hydrogens (tertiary/aromatic N) is 2. The standard InChI is InChI=1S/C36H46N2O2Si/c1-27(2)41(28(3)4,29(5)6)40-36-34(22-15-20-32(24-37)39-26-31-18-11-8-12-19-31)33-21-13-14-23-35(33)38(36)25-30-16-9-7-10-17-30/h7-14,16-19,21,23,27-29,32H,15,20,22,25-26H2,1-6H3. The first-order chi connectivity index (χ1) is 19.8. The molecule has 0 aliphatic carbocycles. The Labute approximate surface area is 248 Å². The second-order valence-corrected chi connectivity index (χ2v) is 17.5. The van der Waals surface area contributed by atoms with E-state index in [1.807, 2.05) is 30.3 Å². The lowest BCUT2D eigenvalue weighted by atomic mass is 10.0. The quantitative estimate of drug-likeness (QED) is 0.143. The first kappa shape index (κ1) is 30.6. The van der Waals surface area contributed by atoms with E-state index in [-0.39, 0.29) is 0 Å². The Morgan fingerprint density at radius 1 is 0.756 bits per heavy atom. The summed E-state index contributed by atoms with van der Waals surface area (Å²) in [7, 11) is -2.23. The monoisotopic (exact) mass is 566 g/mol. The van der Waals surface area contributed by atoms with Crippen molar-refractivity contribution in [2.45, 2.75) is 96.7 Å². The van der Waals surface area contributed by atoms with Crippen LogP contribution in [0.2, 0.25) is 16.6 Å². The van der Waals surface area contributed by atoms with Gasteiger partial charge in [-0.3, -0.25) is 0 Å². The lowest BCUT2D eigenvalue weighted by molar-refractivity contribution is 0.0700. The summed E-state index contributed by atoms with van der Waals surface area (Å²) in [6, 6.07) is 31.8. The summed E-state index contributed by atoms with van der Waals surface area (Å²) in [5.41, 5.74) is 6.21. The molecule has 4 nitrogen and oxygen atoms in total. The Morgan fingerprint density at radius 2 is 1.32 bits per heavy atom. The second kappa shape index (κ2) is 14.0. The first-order valence-corrected chi connectivity index (χ1v) is 17.3. The molecule has 0 aliphatic heterocycles. The number of aryl methyl sites for hydroxylation is 1. The molecule has 4 rings (SSSR count). The molecule has 0 aliphatic rings. The summed E-state index contributed by atoms with van der Waals surface area (Å²) in [6.45, 7) is 15.3. The number of hydrogen-bond donors (Lipinski definition) is 0. The van der Waals surface area contributed by atoms with Crippen molar-refractivity contribution in [3.05, 3.63) is 102 Å². The van der Waals surface area contributed by atoms with Crippen molar-refractivity contribution >= 4 is 19.2 Å². The summed E-state index contributed by atoms with van der Waals surface area (Å²) in [5, 5.41) is 11.1. The molecule has 3 aromatic carbocycles. The minimum atomic E-state index is -2.23. The van der Waals surface area contributed by atoms with Gasteiger partial charge in [0.15, 0.2) is 5.88 Å². The van der Waals surface area contributed by atoms with E-state index in [1.54, 1.807) is 0 Å². The zero-order valence-electron chi connectivity index (χ0n) is 25.6. The molecule has 0 saturated heterocycles. The van der Waals surface area contributed by atoms with Crippen molar-refractivity contribution < 1.29 is 9.16 Å². The largest absolute Gasteiger partial charge is 0.531 e. The van der Waals surface area contributed by atoms with Crippen molar-refractivity contribution in [2.75, 3.05) is 0 Å². The van der Waals surface area contributed by atoms with Gasteiger partial charge in [0.05, 0.1) is 24.7 Å². The summed E-state index contributed by atoms with van der Waals surface area (Å²) < 4.78 is 15.9. The van der Waals surface area contributed by atoms with Crippen LogP contribution in [0.3, 0.4) is 0 Å². The van der Waals surface area contributed by atoms with Crippen molar-refractivity contribution in [1.29, 1.82) is 5.26 Å². The number of ether oxygens (including phenoxy) is 1. The molecule has 41 heavy (non-hydrogen) atoms. The number of rotatable bonds is 14. The molecule has 216 valence electrons. The van der Waals surface area contributed by atoms with Crippen LogP contribution in [0.25, 0.3) is 10.9 Å². The highest BCUT2D eigenvalue weighted by atomic mass is 28.4. The first-order valence-electron chi connectivity index (χ1n) is 15.2. The van der Waals surface area contributed by atoms with Gasteiger partial charge >= 0.3 is 0 Å². The summed E-state index contributed by atoms with van der Waals surface area (Å²) >= 11 is 0. The average Bonchev–Trinajstić information content (AvgIpc) is 3.25. The predicted molar refractivity (Wildman–Crippen MR) is 173 cm³/mol. The summed E-state index contributed by atoms with van der Waals surface area (Å²) in [5.74, 6) is 1.02. The van der Waals surface area contributed by atoms with Crippen LogP contribution in [0.1, 0.15) is 71.1 Å². The molecule has 0 bridgehead atoms. The molecule has 5 heteroatoms. The second-order valence-electron chi connectivity index (χ2n) is 12.1. The Balaban J connectivity index is 1.69. The van der Waals surface area contributed by atoms with Gasteiger partial charge in [0.1, 0.15) is 6.10 Å². The van der Waals surface area contributed by atoms with Crippen LogP contribution < -0.4 is 4.43 Å². The fourth-order valence-electron chi connectivity index (χ4n) is 6.57. The van der Waals surface area contributed by atoms with E-state index in [0.29, 0.717) is 29.7 Å². The topological polar surface area (TPSA) is 47.2 Å². The predicted octanol–water partition coefficient (Wildman–Crippen LogP) is 9.68. The third kappa shape index (κ3) is 6.94. The smallest absolute Gasteiger partial charge is 0.260 e. The van der Waals surface area contributed by atoms with E-state index >= 15 is 0 Å². The molecule has 1 atom stereocenters. The Hall–Kier alpha value is -3.33. The Kier molecular flexibility index (Phi) is 10.5. The highest BCUT2D eigenvalue weighted by Crippen LogP contribution is 2.45. The minimum absolute atomic E-state index is 0.437. The zero-order chi connectivity index (χ0) is 29.4. The molecule has 1 unspecified atom stereocenters. The van der Waals surface area contributed by atoms with Gasteiger partial charge in [-0.15, -0.1) is 0 Å². The van der Waals surface area contributed by atoms with Gasteiger partial charge in [-0.05, 0) is 53.1 Å². The van der Waals surface area contributed by atoms with E-state index in [4.69, 9.17) is 9.16 Å². The molecule has 0 radical (unpaired) electrons. The summed E-state index contributed by atoms with van der Waals surface area (Å²) in [6.07, 6.45) is 1.93. The van der Waals surface area contributed by atoms with E-state index in [1.165, 1.54) is 22.0 Å². The van der Waals surface area contributed by atoms with Crippen molar-refractivity contribution in [1.82, 2.24) is 4.57 Å². The third-order valence-electron chi connectivity index (χ3n) is 8.52. The maximum atomic E-state index is 9.83. The van der Waals surface area contributed by atoms with Crippen LogP contribution in [-0.4, -0.2) is 19.0 Å². The van der Waals surface area contributed by atoms with Gasteiger partial charge in [0.25, 0.3) is 8.32 Å². The molecular formula is C36H46N2O2Si. The van der Waals surface area contributed by atoms with Crippen LogP contribution in [0, 0.1) is 11.3 Å². The van der Waals surface area contributed by atoms with Crippen LogP contribution in [0.15, 0.2) is 84.9 Å². The highest BCUT2D eigenvalue weighted by Gasteiger charge is 2.48. The number of benzene rings is 3. The van der Waals surface area contributed by atoms with Crippen molar-refractivity contribution in [3.63, 3.8) is 0 Å². The SMILES string of the molecule is CC(C)[Si](Oc1c(CCCC(C#N)OCc2ccccc2)c2ccccc2n1Cc1ccccc1)(C(C)C)C(C)C. The van der Waals surface area contributed by atoms with E-state index in [2.05, 4.69) is 107 Å². The van der Waals surface area contributed by atoms with E-state index in [9.17, 15) is 5.26 Å². The lowest BCUT2D eigenvalue weighted by Crippen LogP contribution is -2.51. The fourth-order valence-corrected chi connectivity index (χ4v) is 11.8. The Morgan fingerprint density at radius 3 is 1.90 bits per heavy atom. The molecule has 0 fully saturated rings. The van der Waals surface area contributed by atoms with Crippen LogP contribution >= 0.6 is 0 Å². The fraction of sp³-hybridized carbons (Fsp3) is 0.417. The summed E-state index contributed by atoms with van der Waals surface area (Å²) in [4.78, 5) is 0. The van der Waals surface area contributed by atoms with Gasteiger partial charge < -0.3 is 13.7 Å². The zero-order valence-corrected chi connectivity index (χ0v) is 26.6. The number of aromatic nitrogens is 1. The van der Waals surface area contributed by atoms with Crippen LogP contribution in [0.4, 0.5) is 0 Å². The minimum Gasteiger partial charge on any atom is -0.531 e. The normalized spacial score (nSPS) is 12.8. The maximum Gasteiger partial charge on any atom is 0.260 e. The number of hydrogen-bond acceptors (Lipinski definition) is 3. The van der Waals surface area contributed by atoms with Crippen LogP contribution in [-0.2, 0) is 24.3 Å². The van der Waals surface area contributed by atoms with Gasteiger partial charge in [-0.25, -0.2) is 0 Å². The van der Waals surface area contributed by atoms with E-state index < -0.39 is 14.4 Å². The third-order valence-corrected chi connectivity index (χ3v) is 14.5. The van der Waals surface area contributed by atoms with Crippen molar-refractivity contribution in [3.8, 4) is 11.9 Å². The average molecular weight is 567 g/mol. The molecular weight excluding hydrogens is 520 g/mol. The van der Waals surface area contributed by atoms with Crippen molar-refractivity contribution in [2.24, 2.45) is 0 Å². The lowest BCUT2D eigenvalue weighted by Gasteiger charge is -2.42. The van der Waals surface area contributed by atoms with Gasteiger partial charge in [-0.2, -0.15) is 5.26 Å². The molecule has 0 N–H and O–H groups in total. The molecule has 0 saturated carbocycles. The molecule has 4 aromatic rings. The maximum absolute atomic E-state index is 9.83. The molecule has 1 aromatic heterocycles. The van der Waals surface area contributed by atoms with Crippen LogP contribution in [0.5, 0.6) is 5.88 Å². The van der Waals surface area contributed by atoms with Gasteiger partial charge in [0.2, 0.25) is 0 Å². The number of para-hydroxylation sites is 1. The molecule has 0 amide bonds. The number of fused-ring (bicyclic) bond motifs is 1. The number of nitriles is 1. The van der Waals surface area contributed by atoms with Gasteiger partial charge in [0, 0.05) is 10.9 Å². The molecule has 0 spiro atoms. The highest BCUT2D eigenvalue weighted by molar-refractivity contribution is 6.78. The van der Waals surface area contributed by atoms with Gasteiger partial charge in [-0.1, -0.05) is 120 Å². The Bertz CT molecular complexity index is 1400. The van der Waals surface area contributed by atoms with E-state index in [0.717, 1.165) is 30.8 Å². The molecule has 1 heterocycles.